The van der Waals surface area contributed by atoms with Crippen LogP contribution in [0.2, 0.25) is 0 Å². The molecule has 2 heterocycles. The van der Waals surface area contributed by atoms with E-state index in [0.29, 0.717) is 11.7 Å². The van der Waals surface area contributed by atoms with Crippen molar-refractivity contribution in [3.63, 3.8) is 0 Å². The number of piperidine rings is 1. The van der Waals surface area contributed by atoms with Crippen LogP contribution in [0.1, 0.15) is 48.8 Å². The summed E-state index contributed by atoms with van der Waals surface area (Å²) in [7, 11) is 1.78. The number of halogens is 1. The molecule has 1 aromatic heterocycles. The summed E-state index contributed by atoms with van der Waals surface area (Å²) in [4.78, 5) is 7.32. The minimum atomic E-state index is -1.05. The van der Waals surface area contributed by atoms with E-state index < -0.39 is 5.60 Å². The number of aromatic nitrogens is 2. The van der Waals surface area contributed by atoms with Gasteiger partial charge >= 0.3 is 0 Å². The van der Waals surface area contributed by atoms with E-state index >= 15 is 0 Å². The Morgan fingerprint density at radius 3 is 2.70 bits per heavy atom. The molecule has 3 aromatic rings. The van der Waals surface area contributed by atoms with Gasteiger partial charge in [-0.15, -0.1) is 0 Å². The minimum absolute atomic E-state index is 0.000208. The molecule has 0 amide bonds. The molecular formula is C27H34FN3O2. The molecule has 3 atom stereocenters. The first kappa shape index (κ1) is 22.5. The lowest BCUT2D eigenvalue weighted by atomic mass is 9.97. The van der Waals surface area contributed by atoms with Gasteiger partial charge < -0.3 is 19.3 Å². The standard InChI is InChI=1S/C27H34FN3O2/c1-17-5-8-23-22(11-17)29-26(27(2,3)32)31(23)24-9-10-30(16-25(24)33-4)15-18-12-19-6-7-21(28)14-20(19)13-18/h5-8,11,14,18,24-25,32H,9-10,12-13,15-16H2,1-4H3/t18-,24+,25-/m0/s1. The van der Waals surface area contributed by atoms with Gasteiger partial charge in [0.2, 0.25) is 0 Å². The molecule has 0 saturated carbocycles. The Bertz CT molecular complexity index is 1170. The maximum absolute atomic E-state index is 13.6. The Labute approximate surface area is 195 Å². The molecule has 1 N–H and O–H groups in total. The largest absolute Gasteiger partial charge is 0.383 e. The zero-order valence-corrected chi connectivity index (χ0v) is 20.0. The summed E-state index contributed by atoms with van der Waals surface area (Å²) in [5.41, 5.74) is 4.52. The quantitative estimate of drug-likeness (QED) is 0.625. The van der Waals surface area contributed by atoms with E-state index in [4.69, 9.17) is 9.72 Å². The highest BCUT2D eigenvalue weighted by Gasteiger charge is 2.37. The lowest BCUT2D eigenvalue weighted by Crippen LogP contribution is -2.47. The van der Waals surface area contributed by atoms with Crippen LogP contribution in [0.15, 0.2) is 36.4 Å². The number of aryl methyl sites for hydroxylation is 1. The van der Waals surface area contributed by atoms with Crippen molar-refractivity contribution in [2.75, 3.05) is 26.7 Å². The number of ether oxygens (including phenoxy) is 1. The molecule has 1 aliphatic carbocycles. The number of hydrogen-bond acceptors (Lipinski definition) is 4. The molecule has 2 aliphatic rings. The van der Waals surface area contributed by atoms with E-state index in [2.05, 4.69) is 34.6 Å². The van der Waals surface area contributed by atoms with Gasteiger partial charge in [0.15, 0.2) is 0 Å². The summed E-state index contributed by atoms with van der Waals surface area (Å²) in [5, 5.41) is 10.9. The lowest BCUT2D eigenvalue weighted by molar-refractivity contribution is -0.0152. The average molecular weight is 452 g/mol. The van der Waals surface area contributed by atoms with Gasteiger partial charge in [-0.25, -0.2) is 9.37 Å². The lowest BCUT2D eigenvalue weighted by Gasteiger charge is -2.40. The van der Waals surface area contributed by atoms with Crippen LogP contribution in [-0.2, 0) is 23.2 Å². The number of hydrogen-bond donors (Lipinski definition) is 1. The zero-order chi connectivity index (χ0) is 23.3. The van der Waals surface area contributed by atoms with E-state index in [1.165, 1.54) is 5.56 Å². The van der Waals surface area contributed by atoms with Gasteiger partial charge in [0.05, 0.1) is 23.2 Å². The molecule has 33 heavy (non-hydrogen) atoms. The monoisotopic (exact) mass is 451 g/mol. The second-order valence-electron chi connectivity index (χ2n) is 10.4. The van der Waals surface area contributed by atoms with Gasteiger partial charge in [-0.2, -0.15) is 0 Å². The molecule has 0 radical (unpaired) electrons. The van der Waals surface area contributed by atoms with Crippen LogP contribution in [0.3, 0.4) is 0 Å². The number of methoxy groups -OCH3 is 1. The Morgan fingerprint density at radius 1 is 1.15 bits per heavy atom. The van der Waals surface area contributed by atoms with Gasteiger partial charge in [-0.1, -0.05) is 12.1 Å². The van der Waals surface area contributed by atoms with Crippen LogP contribution in [0.25, 0.3) is 11.0 Å². The van der Waals surface area contributed by atoms with Gasteiger partial charge in [0.1, 0.15) is 17.2 Å². The number of imidazole rings is 1. The maximum atomic E-state index is 13.6. The highest BCUT2D eigenvalue weighted by atomic mass is 19.1. The molecule has 176 valence electrons. The summed E-state index contributed by atoms with van der Waals surface area (Å²) < 4.78 is 21.9. The second-order valence-corrected chi connectivity index (χ2v) is 10.4. The van der Waals surface area contributed by atoms with Crippen molar-refractivity contribution in [2.45, 2.75) is 57.8 Å². The van der Waals surface area contributed by atoms with Crippen molar-refractivity contribution in [2.24, 2.45) is 5.92 Å². The first-order valence-corrected chi connectivity index (χ1v) is 12.0. The van der Waals surface area contributed by atoms with Crippen LogP contribution >= 0.6 is 0 Å². The number of fused-ring (bicyclic) bond motifs is 2. The summed E-state index contributed by atoms with van der Waals surface area (Å²) in [6.07, 6.45) is 2.88. The topological polar surface area (TPSA) is 50.5 Å². The van der Waals surface area contributed by atoms with Crippen molar-refractivity contribution in [1.82, 2.24) is 14.5 Å². The van der Waals surface area contributed by atoms with E-state index in [1.54, 1.807) is 33.1 Å². The van der Waals surface area contributed by atoms with Crippen molar-refractivity contribution in [3.05, 3.63) is 64.7 Å². The van der Waals surface area contributed by atoms with E-state index in [9.17, 15) is 9.50 Å². The summed E-state index contributed by atoms with van der Waals surface area (Å²) in [6.45, 7) is 8.45. The number of rotatable bonds is 5. The van der Waals surface area contributed by atoms with E-state index in [1.807, 2.05) is 6.07 Å². The smallest absolute Gasteiger partial charge is 0.141 e. The summed E-state index contributed by atoms with van der Waals surface area (Å²) in [6, 6.07) is 11.6. The molecule has 1 aliphatic heterocycles. The van der Waals surface area contributed by atoms with E-state index in [0.717, 1.165) is 61.1 Å². The second kappa shape index (κ2) is 8.49. The molecule has 1 fully saturated rings. The summed E-state index contributed by atoms with van der Waals surface area (Å²) >= 11 is 0. The third kappa shape index (κ3) is 4.32. The molecule has 2 aromatic carbocycles. The molecule has 6 heteroatoms. The molecule has 0 bridgehead atoms. The predicted molar refractivity (Wildman–Crippen MR) is 128 cm³/mol. The minimum Gasteiger partial charge on any atom is -0.383 e. The first-order chi connectivity index (χ1) is 15.7. The number of aliphatic hydroxyl groups is 1. The van der Waals surface area contributed by atoms with Gasteiger partial charge in [-0.05, 0) is 86.9 Å². The molecule has 0 spiro atoms. The van der Waals surface area contributed by atoms with Crippen LogP contribution in [0, 0.1) is 18.7 Å². The molecule has 1 saturated heterocycles. The van der Waals surface area contributed by atoms with Gasteiger partial charge in [0, 0.05) is 26.7 Å². The van der Waals surface area contributed by atoms with Crippen molar-refractivity contribution in [1.29, 1.82) is 0 Å². The van der Waals surface area contributed by atoms with Gasteiger partial charge in [-0.3, -0.25) is 0 Å². The van der Waals surface area contributed by atoms with Crippen LogP contribution in [0.5, 0.6) is 0 Å². The molecule has 0 unspecified atom stereocenters. The predicted octanol–water partition coefficient (Wildman–Crippen LogP) is 4.39. The molecule has 5 nitrogen and oxygen atoms in total. The Balaban J connectivity index is 1.36. The van der Waals surface area contributed by atoms with Crippen LogP contribution in [0.4, 0.5) is 4.39 Å². The average Bonchev–Trinajstić information content (AvgIpc) is 3.33. The van der Waals surface area contributed by atoms with Gasteiger partial charge in [0.25, 0.3) is 0 Å². The maximum Gasteiger partial charge on any atom is 0.141 e. The molecule has 5 rings (SSSR count). The number of likely N-dealkylation sites (tertiary alicyclic amines) is 1. The highest BCUT2D eigenvalue weighted by Crippen LogP contribution is 2.35. The normalized spacial score (nSPS) is 23.9. The van der Waals surface area contributed by atoms with Crippen molar-refractivity contribution >= 4 is 11.0 Å². The fraction of sp³-hybridized carbons (Fsp3) is 0.519. The Morgan fingerprint density at radius 2 is 1.94 bits per heavy atom. The fourth-order valence-corrected chi connectivity index (χ4v) is 5.81. The Kier molecular flexibility index (Phi) is 5.79. The first-order valence-electron chi connectivity index (χ1n) is 12.0. The summed E-state index contributed by atoms with van der Waals surface area (Å²) in [5.74, 6) is 1.07. The van der Waals surface area contributed by atoms with Crippen LogP contribution < -0.4 is 0 Å². The fourth-order valence-electron chi connectivity index (χ4n) is 5.81. The highest BCUT2D eigenvalue weighted by molar-refractivity contribution is 5.77. The van der Waals surface area contributed by atoms with Crippen molar-refractivity contribution < 1.29 is 14.2 Å². The van der Waals surface area contributed by atoms with Crippen LogP contribution in [-0.4, -0.2) is 52.4 Å². The SMILES string of the molecule is CO[C@H]1CN(C[C@H]2Cc3ccc(F)cc3C2)CC[C@H]1n1c(C(C)(C)O)nc2cc(C)ccc21. The third-order valence-corrected chi connectivity index (χ3v) is 7.34. The number of nitrogens with zero attached hydrogens (tertiary/aromatic N) is 3. The Hall–Kier alpha value is -2.28. The van der Waals surface area contributed by atoms with E-state index in [-0.39, 0.29) is 18.0 Å². The van der Waals surface area contributed by atoms with Crippen molar-refractivity contribution in [3.8, 4) is 0 Å². The number of benzene rings is 2. The third-order valence-electron chi connectivity index (χ3n) is 7.34. The molecular weight excluding hydrogens is 417 g/mol. The zero-order valence-electron chi connectivity index (χ0n) is 20.0.